The zero-order valence-corrected chi connectivity index (χ0v) is 24.2. The predicted octanol–water partition coefficient (Wildman–Crippen LogP) is 5.00. The topological polar surface area (TPSA) is 116 Å². The van der Waals surface area contributed by atoms with Crippen LogP contribution in [0.5, 0.6) is 0 Å². The number of rotatable bonds is 10. The van der Waals surface area contributed by atoms with E-state index < -0.39 is 32.0 Å². The Bertz CT molecular complexity index is 1740. The van der Waals surface area contributed by atoms with Gasteiger partial charge in [0.2, 0.25) is 0 Å². The Kier molecular flexibility index (Phi) is 8.76. The molecule has 0 aromatic heterocycles. The Hall–Kier alpha value is -4.26. The molecule has 0 atom stereocenters. The summed E-state index contributed by atoms with van der Waals surface area (Å²) in [7, 11) is -5.11. The molecule has 0 aliphatic carbocycles. The van der Waals surface area contributed by atoms with Crippen LogP contribution in [0.15, 0.2) is 102 Å². The molecule has 0 aliphatic rings. The molecule has 0 heterocycles. The highest BCUT2D eigenvalue weighted by molar-refractivity contribution is 7.92. The number of sulfonamides is 1. The second-order valence-corrected chi connectivity index (χ2v) is 13.1. The van der Waals surface area contributed by atoms with Crippen molar-refractivity contribution < 1.29 is 26.0 Å². The van der Waals surface area contributed by atoms with Gasteiger partial charge in [0.25, 0.3) is 15.9 Å². The molecule has 0 unspecified atom stereocenters. The number of halogens is 1. The summed E-state index contributed by atoms with van der Waals surface area (Å²) < 4.78 is 70.2. The summed E-state index contributed by atoms with van der Waals surface area (Å²) in [5.74, 6) is -1.13. The van der Waals surface area contributed by atoms with Gasteiger partial charge < -0.3 is 5.32 Å². The van der Waals surface area contributed by atoms with E-state index in [1.165, 1.54) is 68.7 Å². The third kappa shape index (κ3) is 7.09. The molecule has 4 aromatic carbocycles. The van der Waals surface area contributed by atoms with Crippen LogP contribution >= 0.6 is 0 Å². The van der Waals surface area contributed by atoms with Gasteiger partial charge in [-0.2, -0.15) is 12.7 Å². The standard InChI is InChI=1S/C29H29FN4O5S2/c1-21-8-14-25(15-9-21)32-40(36,37)26-18-16-24(17-19-26)31-29(35)23-12-10-22(11-13-23)20-34(41(38,39)33(2)3)28-7-5-4-6-27(28)30/h4-19,32H,20H2,1-3H3,(H,31,35). The van der Waals surface area contributed by atoms with Crippen LogP contribution in [0.3, 0.4) is 0 Å². The molecule has 0 saturated carbocycles. The van der Waals surface area contributed by atoms with Gasteiger partial charge in [0, 0.05) is 31.0 Å². The highest BCUT2D eigenvalue weighted by atomic mass is 32.2. The van der Waals surface area contributed by atoms with Gasteiger partial charge in [0.1, 0.15) is 5.82 Å². The number of para-hydroxylation sites is 1. The Morgan fingerprint density at radius 1 is 0.780 bits per heavy atom. The zero-order chi connectivity index (χ0) is 29.8. The molecule has 2 N–H and O–H groups in total. The molecule has 1 amide bonds. The van der Waals surface area contributed by atoms with E-state index in [0.717, 1.165) is 14.2 Å². The van der Waals surface area contributed by atoms with Crippen molar-refractivity contribution in [3.8, 4) is 0 Å². The van der Waals surface area contributed by atoms with Crippen molar-refractivity contribution >= 4 is 43.2 Å². The number of anilines is 3. The molecule has 0 bridgehead atoms. The van der Waals surface area contributed by atoms with E-state index >= 15 is 0 Å². The summed E-state index contributed by atoms with van der Waals surface area (Å²) in [6, 6.07) is 24.5. The van der Waals surface area contributed by atoms with Crippen LogP contribution < -0.4 is 14.3 Å². The van der Waals surface area contributed by atoms with Crippen molar-refractivity contribution in [1.29, 1.82) is 0 Å². The molecule has 9 nitrogen and oxygen atoms in total. The van der Waals surface area contributed by atoms with E-state index in [-0.39, 0.29) is 17.1 Å². The van der Waals surface area contributed by atoms with E-state index in [0.29, 0.717) is 22.5 Å². The summed E-state index contributed by atoms with van der Waals surface area (Å²) in [6.45, 7) is 1.75. The van der Waals surface area contributed by atoms with Crippen molar-refractivity contribution in [1.82, 2.24) is 4.31 Å². The number of hydrogen-bond acceptors (Lipinski definition) is 5. The molecule has 0 aliphatic heterocycles. The zero-order valence-electron chi connectivity index (χ0n) is 22.6. The monoisotopic (exact) mass is 596 g/mol. The predicted molar refractivity (Wildman–Crippen MR) is 158 cm³/mol. The van der Waals surface area contributed by atoms with Gasteiger partial charge in [-0.3, -0.25) is 13.8 Å². The Morgan fingerprint density at radius 2 is 1.37 bits per heavy atom. The number of carbonyl (C=O) groups excluding carboxylic acids is 1. The molecule has 0 radical (unpaired) electrons. The van der Waals surface area contributed by atoms with E-state index in [4.69, 9.17) is 0 Å². The molecule has 4 rings (SSSR count). The largest absolute Gasteiger partial charge is 0.322 e. The molecular weight excluding hydrogens is 567 g/mol. The van der Waals surface area contributed by atoms with Gasteiger partial charge in [-0.05, 0) is 73.2 Å². The van der Waals surface area contributed by atoms with Gasteiger partial charge in [-0.15, -0.1) is 0 Å². The first kappa shape index (κ1) is 29.7. The second-order valence-electron chi connectivity index (χ2n) is 9.40. The summed E-state index contributed by atoms with van der Waals surface area (Å²) in [6.07, 6.45) is 0. The van der Waals surface area contributed by atoms with Gasteiger partial charge in [-0.25, -0.2) is 12.8 Å². The number of nitrogens with one attached hydrogen (secondary N) is 2. The number of carbonyl (C=O) groups is 1. The van der Waals surface area contributed by atoms with Crippen LogP contribution in [0.2, 0.25) is 0 Å². The van der Waals surface area contributed by atoms with E-state index in [2.05, 4.69) is 10.0 Å². The molecule has 0 fully saturated rings. The van der Waals surface area contributed by atoms with Crippen molar-refractivity contribution in [2.24, 2.45) is 0 Å². The van der Waals surface area contributed by atoms with Crippen LogP contribution in [0, 0.1) is 12.7 Å². The minimum absolute atomic E-state index is 0.0347. The molecule has 4 aromatic rings. The maximum atomic E-state index is 14.5. The van der Waals surface area contributed by atoms with Crippen LogP contribution in [-0.4, -0.2) is 41.1 Å². The fourth-order valence-corrected chi connectivity index (χ4v) is 5.99. The number of nitrogens with zero attached hydrogens (tertiary/aromatic N) is 2. The molecule has 41 heavy (non-hydrogen) atoms. The normalized spacial score (nSPS) is 11.7. The number of benzene rings is 4. The summed E-state index contributed by atoms with van der Waals surface area (Å²) in [4.78, 5) is 12.8. The van der Waals surface area contributed by atoms with Crippen LogP contribution in [-0.2, 0) is 26.8 Å². The Morgan fingerprint density at radius 3 is 1.95 bits per heavy atom. The fourth-order valence-electron chi connectivity index (χ4n) is 3.83. The molecule has 214 valence electrons. The molecular formula is C29H29FN4O5S2. The number of hydrogen-bond donors (Lipinski definition) is 2. The molecule has 0 spiro atoms. The summed E-state index contributed by atoms with van der Waals surface area (Å²) in [5, 5.41) is 2.71. The fraction of sp³-hybridized carbons (Fsp3) is 0.138. The summed E-state index contributed by atoms with van der Waals surface area (Å²) in [5.41, 5.74) is 2.56. The lowest BCUT2D eigenvalue weighted by atomic mass is 10.1. The second kappa shape index (κ2) is 12.1. The van der Waals surface area contributed by atoms with Crippen LogP contribution in [0.25, 0.3) is 0 Å². The Labute approximate surface area is 239 Å². The lowest BCUT2D eigenvalue weighted by molar-refractivity contribution is 0.102. The SMILES string of the molecule is Cc1ccc(NS(=O)(=O)c2ccc(NC(=O)c3ccc(CN(c4ccccc4F)S(=O)(=O)N(C)C)cc3)cc2)cc1. The van der Waals surface area contributed by atoms with Crippen molar-refractivity contribution in [3.05, 3.63) is 120 Å². The maximum Gasteiger partial charge on any atom is 0.303 e. The molecule has 0 saturated heterocycles. The number of aryl methyl sites for hydroxylation is 1. The lowest BCUT2D eigenvalue weighted by Gasteiger charge is -2.27. The van der Waals surface area contributed by atoms with Gasteiger partial charge in [-0.1, -0.05) is 42.0 Å². The molecule has 12 heteroatoms. The maximum absolute atomic E-state index is 14.5. The summed E-state index contributed by atoms with van der Waals surface area (Å²) >= 11 is 0. The van der Waals surface area contributed by atoms with Crippen LogP contribution in [0.4, 0.5) is 21.5 Å². The quantitative estimate of drug-likeness (QED) is 0.267. The third-order valence-corrected chi connectivity index (χ3v) is 9.33. The van der Waals surface area contributed by atoms with E-state index in [1.54, 1.807) is 42.5 Å². The minimum Gasteiger partial charge on any atom is -0.322 e. The Balaban J connectivity index is 1.45. The average Bonchev–Trinajstić information content (AvgIpc) is 2.94. The first-order valence-electron chi connectivity index (χ1n) is 12.4. The van der Waals surface area contributed by atoms with Gasteiger partial charge >= 0.3 is 10.2 Å². The number of amides is 1. The average molecular weight is 597 g/mol. The van der Waals surface area contributed by atoms with Crippen molar-refractivity contribution in [2.75, 3.05) is 28.4 Å². The smallest absolute Gasteiger partial charge is 0.303 e. The third-order valence-electron chi connectivity index (χ3n) is 6.13. The van der Waals surface area contributed by atoms with Gasteiger partial charge in [0.05, 0.1) is 17.1 Å². The van der Waals surface area contributed by atoms with E-state index in [1.807, 2.05) is 6.92 Å². The highest BCUT2D eigenvalue weighted by Crippen LogP contribution is 2.26. The van der Waals surface area contributed by atoms with Crippen molar-refractivity contribution in [3.63, 3.8) is 0 Å². The minimum atomic E-state index is -4.01. The van der Waals surface area contributed by atoms with Gasteiger partial charge in [0.15, 0.2) is 0 Å². The first-order chi connectivity index (χ1) is 19.4. The van der Waals surface area contributed by atoms with Crippen LogP contribution in [0.1, 0.15) is 21.5 Å². The van der Waals surface area contributed by atoms with Crippen molar-refractivity contribution in [2.45, 2.75) is 18.4 Å². The lowest BCUT2D eigenvalue weighted by Crippen LogP contribution is -2.40. The van der Waals surface area contributed by atoms with E-state index in [9.17, 15) is 26.0 Å². The first-order valence-corrected chi connectivity index (χ1v) is 15.3. The highest BCUT2D eigenvalue weighted by Gasteiger charge is 2.27.